The number of fused-ring (bicyclic) bond motifs is 2. The van der Waals surface area contributed by atoms with Crippen LogP contribution in [0, 0.1) is 11.3 Å². The van der Waals surface area contributed by atoms with Gasteiger partial charge in [-0.25, -0.2) is 0 Å². The van der Waals surface area contributed by atoms with E-state index in [0.29, 0.717) is 41.6 Å². The number of likely N-dealkylation sites (tertiary alicyclic amines) is 1. The first-order valence-corrected chi connectivity index (χ1v) is 11.5. The van der Waals surface area contributed by atoms with Gasteiger partial charge in [0.1, 0.15) is 18.4 Å². The number of nitriles is 1. The molecular formula is C26H24N4O5. The highest BCUT2D eigenvalue weighted by molar-refractivity contribution is 5.85. The van der Waals surface area contributed by atoms with Gasteiger partial charge in [0.05, 0.1) is 11.7 Å². The van der Waals surface area contributed by atoms with Crippen molar-refractivity contribution in [2.75, 3.05) is 13.1 Å². The van der Waals surface area contributed by atoms with Gasteiger partial charge in [-0.3, -0.25) is 9.59 Å². The molecule has 0 saturated carbocycles. The summed E-state index contributed by atoms with van der Waals surface area (Å²) in [5, 5.41) is 22.9. The molecule has 0 radical (unpaired) electrons. The molecule has 2 heterocycles. The Labute approximate surface area is 201 Å². The van der Waals surface area contributed by atoms with Crippen molar-refractivity contribution >= 4 is 11.9 Å². The lowest BCUT2D eigenvalue weighted by Gasteiger charge is -2.24. The number of carboxylic acid groups (broad SMARTS) is 1. The van der Waals surface area contributed by atoms with Gasteiger partial charge in [0.15, 0.2) is 0 Å². The number of carbonyl (C=O) groups is 2. The summed E-state index contributed by atoms with van der Waals surface area (Å²) in [4.78, 5) is 29.7. The summed E-state index contributed by atoms with van der Waals surface area (Å²) in [7, 11) is 0. The Bertz CT molecular complexity index is 1370. The third-order valence-corrected chi connectivity index (χ3v) is 6.64. The zero-order valence-corrected chi connectivity index (χ0v) is 19.4. The predicted octanol–water partition coefficient (Wildman–Crippen LogP) is 3.56. The number of rotatable bonds is 6. The third kappa shape index (κ3) is 4.01. The minimum absolute atomic E-state index is 0.0576. The van der Waals surface area contributed by atoms with Crippen LogP contribution in [0.25, 0.3) is 22.8 Å². The number of carboxylic acids is 1. The fourth-order valence-corrected chi connectivity index (χ4v) is 5.18. The van der Waals surface area contributed by atoms with Crippen molar-refractivity contribution in [3.05, 3.63) is 53.1 Å². The first-order valence-electron chi connectivity index (χ1n) is 11.5. The summed E-state index contributed by atoms with van der Waals surface area (Å²) in [6.45, 7) is 3.91. The fraction of sp³-hybridized carbons (Fsp3) is 0.346. The first-order chi connectivity index (χ1) is 16.8. The molecule has 1 N–H and O–H groups in total. The normalized spacial score (nSPS) is 18.8. The number of nitrogens with zero attached hydrogens (tertiary/aromatic N) is 4. The van der Waals surface area contributed by atoms with Gasteiger partial charge in [0.2, 0.25) is 11.7 Å². The predicted molar refractivity (Wildman–Crippen MR) is 124 cm³/mol. The highest BCUT2D eigenvalue weighted by Gasteiger charge is 2.49. The molecule has 1 fully saturated rings. The van der Waals surface area contributed by atoms with Crippen LogP contribution < -0.4 is 4.74 Å². The van der Waals surface area contributed by atoms with E-state index in [9.17, 15) is 14.9 Å². The largest absolute Gasteiger partial charge is 0.490 e. The number of amides is 1. The Hall–Kier alpha value is -4.19. The Morgan fingerprint density at radius 3 is 2.91 bits per heavy atom. The van der Waals surface area contributed by atoms with E-state index in [0.717, 1.165) is 29.5 Å². The molecule has 1 aliphatic heterocycles. The van der Waals surface area contributed by atoms with Gasteiger partial charge in [-0.05, 0) is 56.0 Å². The number of hydrogen-bond donors (Lipinski definition) is 1. The monoisotopic (exact) mass is 472 g/mol. The number of hydrogen-bond acceptors (Lipinski definition) is 7. The molecule has 1 unspecified atom stereocenters. The molecule has 1 aliphatic carbocycles. The van der Waals surface area contributed by atoms with Gasteiger partial charge in [-0.1, -0.05) is 23.4 Å². The third-order valence-electron chi connectivity index (χ3n) is 6.64. The van der Waals surface area contributed by atoms with Crippen LogP contribution in [0.2, 0.25) is 0 Å². The van der Waals surface area contributed by atoms with Crippen molar-refractivity contribution in [2.24, 2.45) is 0 Å². The second-order valence-electron chi connectivity index (χ2n) is 9.34. The van der Waals surface area contributed by atoms with Crippen LogP contribution >= 0.6 is 0 Å². The molecule has 35 heavy (non-hydrogen) atoms. The lowest BCUT2D eigenvalue weighted by molar-refractivity contribution is -0.142. The summed E-state index contributed by atoms with van der Waals surface area (Å²) in [6.07, 6.45) is 1.74. The fourth-order valence-electron chi connectivity index (χ4n) is 5.18. The molecule has 3 aromatic rings. The summed E-state index contributed by atoms with van der Waals surface area (Å²) in [5.74, 6) is 0.0826. The van der Waals surface area contributed by atoms with Crippen molar-refractivity contribution in [1.29, 1.82) is 5.26 Å². The van der Waals surface area contributed by atoms with Crippen molar-refractivity contribution in [1.82, 2.24) is 15.0 Å². The van der Waals surface area contributed by atoms with Crippen molar-refractivity contribution in [3.8, 4) is 34.7 Å². The second kappa shape index (κ2) is 8.55. The minimum atomic E-state index is -1.01. The lowest BCUT2D eigenvalue weighted by Crippen LogP contribution is -2.33. The molecule has 2 aromatic carbocycles. The Morgan fingerprint density at radius 2 is 2.17 bits per heavy atom. The van der Waals surface area contributed by atoms with Gasteiger partial charge < -0.3 is 19.3 Å². The van der Waals surface area contributed by atoms with Gasteiger partial charge in [0, 0.05) is 29.5 Å². The molecule has 178 valence electrons. The zero-order chi connectivity index (χ0) is 24.7. The summed E-state index contributed by atoms with van der Waals surface area (Å²) < 4.78 is 11.2. The molecule has 9 heteroatoms. The average molecular weight is 473 g/mol. The smallest absolute Gasteiger partial charge is 0.323 e. The van der Waals surface area contributed by atoms with Crippen molar-refractivity contribution < 1.29 is 24.0 Å². The van der Waals surface area contributed by atoms with E-state index in [1.54, 1.807) is 18.2 Å². The Morgan fingerprint density at radius 1 is 1.34 bits per heavy atom. The van der Waals surface area contributed by atoms with Crippen molar-refractivity contribution in [3.63, 3.8) is 0 Å². The first kappa shape index (κ1) is 22.6. The molecule has 1 aromatic heterocycles. The number of aromatic nitrogens is 2. The summed E-state index contributed by atoms with van der Waals surface area (Å²) in [5.41, 5.74) is 3.55. The SMILES string of the molecule is CC(C)Oc1ccc(-c2nc(-c3cccc4c3CCC43CC(=O)N(CC(=O)O)C3)no2)cc1C#N. The van der Waals surface area contributed by atoms with Crippen LogP contribution in [0.5, 0.6) is 5.75 Å². The Kier molecular flexibility index (Phi) is 5.52. The van der Waals surface area contributed by atoms with E-state index in [2.05, 4.69) is 16.2 Å². The highest BCUT2D eigenvalue weighted by atomic mass is 16.5. The Balaban J connectivity index is 1.46. The quantitative estimate of drug-likeness (QED) is 0.576. The van der Waals surface area contributed by atoms with Crippen LogP contribution in [-0.4, -0.2) is 51.2 Å². The zero-order valence-electron chi connectivity index (χ0n) is 19.4. The van der Waals surface area contributed by atoms with Crippen molar-refractivity contribution in [2.45, 2.75) is 44.6 Å². The maximum atomic E-state index is 12.5. The van der Waals surface area contributed by atoms with E-state index in [-0.39, 0.29) is 18.6 Å². The lowest BCUT2D eigenvalue weighted by atomic mass is 9.80. The van der Waals surface area contributed by atoms with E-state index in [4.69, 9.17) is 14.4 Å². The van der Waals surface area contributed by atoms with Crippen LogP contribution in [0.3, 0.4) is 0 Å². The van der Waals surface area contributed by atoms with E-state index >= 15 is 0 Å². The topological polar surface area (TPSA) is 130 Å². The molecule has 2 aliphatic rings. The van der Waals surface area contributed by atoms with Gasteiger partial charge >= 0.3 is 5.97 Å². The molecule has 1 atom stereocenters. The number of benzene rings is 2. The molecular weight excluding hydrogens is 448 g/mol. The average Bonchev–Trinajstić information content (AvgIpc) is 3.52. The van der Waals surface area contributed by atoms with Crippen LogP contribution in [-0.2, 0) is 21.4 Å². The second-order valence-corrected chi connectivity index (χ2v) is 9.34. The van der Waals surface area contributed by atoms with Gasteiger partial charge in [0.25, 0.3) is 5.89 Å². The van der Waals surface area contributed by atoms with Crippen LogP contribution in [0.1, 0.15) is 43.4 Å². The number of aliphatic carboxylic acids is 1. The minimum Gasteiger partial charge on any atom is -0.490 e. The number of ether oxygens (including phenoxy) is 1. The van der Waals surface area contributed by atoms with E-state index in [1.807, 2.05) is 32.0 Å². The molecule has 0 bridgehead atoms. The molecule has 1 spiro atoms. The highest BCUT2D eigenvalue weighted by Crippen LogP contribution is 2.48. The molecule has 5 rings (SSSR count). The summed E-state index contributed by atoms with van der Waals surface area (Å²) in [6, 6.07) is 13.2. The molecule has 1 amide bonds. The van der Waals surface area contributed by atoms with E-state index in [1.165, 1.54) is 4.90 Å². The van der Waals surface area contributed by atoms with Crippen LogP contribution in [0.4, 0.5) is 0 Å². The van der Waals surface area contributed by atoms with Crippen LogP contribution in [0.15, 0.2) is 40.9 Å². The van der Waals surface area contributed by atoms with Gasteiger partial charge in [-0.2, -0.15) is 10.2 Å². The molecule has 9 nitrogen and oxygen atoms in total. The van der Waals surface area contributed by atoms with Gasteiger partial charge in [-0.15, -0.1) is 0 Å². The standard InChI is InChI=1S/C26H24N4O5/c1-15(2)34-21-7-6-16(10-17(21)12-27)25-28-24(29-35-25)19-4-3-5-20-18(19)8-9-26(20)11-22(31)30(14-26)13-23(32)33/h3-7,10,15H,8-9,11,13-14H2,1-2H3,(H,32,33). The number of carbonyl (C=O) groups excluding carboxylic acids is 1. The maximum Gasteiger partial charge on any atom is 0.323 e. The summed E-state index contributed by atoms with van der Waals surface area (Å²) >= 11 is 0. The van der Waals surface area contributed by atoms with E-state index < -0.39 is 11.4 Å². The maximum absolute atomic E-state index is 12.5. The molecule has 1 saturated heterocycles.